The van der Waals surface area contributed by atoms with Gasteiger partial charge in [-0.3, -0.25) is 4.79 Å². The fourth-order valence-corrected chi connectivity index (χ4v) is 2.93. The predicted molar refractivity (Wildman–Crippen MR) is 100 cm³/mol. The molecular weight excluding hydrogens is 354 g/mol. The van der Waals surface area contributed by atoms with Gasteiger partial charge in [0, 0.05) is 40.3 Å². The van der Waals surface area contributed by atoms with E-state index in [2.05, 4.69) is 0 Å². The van der Waals surface area contributed by atoms with Gasteiger partial charge in [-0.2, -0.15) is 0 Å². The maximum absolute atomic E-state index is 11.4. The van der Waals surface area contributed by atoms with Crippen molar-refractivity contribution in [3.8, 4) is 0 Å². The van der Waals surface area contributed by atoms with Crippen LogP contribution in [-0.2, 0) is 16.1 Å². The van der Waals surface area contributed by atoms with Crippen molar-refractivity contribution in [2.45, 2.75) is 13.5 Å². The summed E-state index contributed by atoms with van der Waals surface area (Å²) >= 11 is 6.07. The Bertz CT molecular complexity index is 1030. The van der Waals surface area contributed by atoms with Crippen LogP contribution in [-0.4, -0.2) is 26.5 Å². The van der Waals surface area contributed by atoms with Crippen molar-refractivity contribution in [1.82, 2.24) is 4.57 Å². The van der Waals surface area contributed by atoms with Gasteiger partial charge in [0.15, 0.2) is 0 Å². The van der Waals surface area contributed by atoms with Crippen LogP contribution in [0.25, 0.3) is 16.7 Å². The summed E-state index contributed by atoms with van der Waals surface area (Å²) in [7, 11) is 0. The van der Waals surface area contributed by atoms with Crippen molar-refractivity contribution in [1.29, 1.82) is 0 Å². The van der Waals surface area contributed by atoms with Gasteiger partial charge in [0.1, 0.15) is 5.76 Å². The van der Waals surface area contributed by atoms with Crippen LogP contribution in [0.5, 0.6) is 0 Å². The summed E-state index contributed by atoms with van der Waals surface area (Å²) in [6.45, 7) is 2.57. The summed E-state index contributed by atoms with van der Waals surface area (Å²) in [6, 6.07) is 13.3. The fourth-order valence-electron chi connectivity index (χ4n) is 2.76. The summed E-state index contributed by atoms with van der Waals surface area (Å²) in [5, 5.41) is 20.1. The van der Waals surface area contributed by atoms with Gasteiger partial charge < -0.3 is 14.8 Å². The normalized spacial score (nSPS) is 11.7. The molecule has 0 fully saturated rings. The second-order valence-corrected chi connectivity index (χ2v) is 6.45. The Kier molecular flexibility index (Phi) is 4.82. The van der Waals surface area contributed by atoms with Crippen LogP contribution in [0.2, 0.25) is 5.02 Å². The van der Waals surface area contributed by atoms with Crippen LogP contribution in [0.4, 0.5) is 0 Å². The molecule has 0 saturated heterocycles. The van der Waals surface area contributed by atoms with Crippen molar-refractivity contribution >= 4 is 40.0 Å². The van der Waals surface area contributed by atoms with Crippen LogP contribution in [0.3, 0.4) is 0 Å². The molecule has 1 heterocycles. The Hall–Kier alpha value is -3.05. The van der Waals surface area contributed by atoms with Gasteiger partial charge in [0.25, 0.3) is 5.78 Å². The maximum Gasteiger partial charge on any atom is 0.376 e. The van der Waals surface area contributed by atoms with Crippen molar-refractivity contribution in [3.63, 3.8) is 0 Å². The molecule has 6 heteroatoms. The van der Waals surface area contributed by atoms with E-state index < -0.39 is 17.5 Å². The molecule has 0 spiro atoms. The van der Waals surface area contributed by atoms with Gasteiger partial charge in [-0.05, 0) is 30.7 Å². The quantitative estimate of drug-likeness (QED) is 0.401. The molecule has 0 amide bonds. The number of halogens is 1. The Morgan fingerprint density at radius 1 is 1.12 bits per heavy atom. The number of aryl methyl sites for hydroxylation is 1. The lowest BCUT2D eigenvalue weighted by molar-refractivity contribution is -0.146. The minimum absolute atomic E-state index is 0.351. The highest BCUT2D eigenvalue weighted by Crippen LogP contribution is 2.29. The average Bonchev–Trinajstić information content (AvgIpc) is 2.94. The van der Waals surface area contributed by atoms with E-state index in [0.717, 1.165) is 16.6 Å². The van der Waals surface area contributed by atoms with Gasteiger partial charge in [0.2, 0.25) is 0 Å². The number of hydrogen-bond donors (Lipinski definition) is 2. The lowest BCUT2D eigenvalue weighted by Gasteiger charge is -2.06. The number of aliphatic carboxylic acids is 1. The summed E-state index contributed by atoms with van der Waals surface area (Å²) in [5.41, 5.74) is 3.39. The first kappa shape index (κ1) is 17.8. The highest BCUT2D eigenvalue weighted by atomic mass is 35.5. The van der Waals surface area contributed by atoms with Crippen molar-refractivity contribution in [2.24, 2.45) is 0 Å². The Balaban J connectivity index is 2.09. The number of carbonyl (C=O) groups excluding carboxylic acids is 1. The van der Waals surface area contributed by atoms with E-state index in [1.54, 1.807) is 18.3 Å². The third-order valence-electron chi connectivity index (χ3n) is 4.07. The minimum Gasteiger partial charge on any atom is -0.507 e. The number of rotatable bonds is 5. The molecule has 0 aliphatic carbocycles. The first-order valence-corrected chi connectivity index (χ1v) is 8.25. The lowest BCUT2D eigenvalue weighted by atomic mass is 10.1. The molecule has 0 saturated carbocycles. The van der Waals surface area contributed by atoms with Gasteiger partial charge >= 0.3 is 5.97 Å². The van der Waals surface area contributed by atoms with E-state index in [1.165, 1.54) is 0 Å². The van der Waals surface area contributed by atoms with Crippen molar-refractivity contribution in [2.75, 3.05) is 0 Å². The molecule has 1 aromatic heterocycles. The molecule has 3 aromatic rings. The molecule has 132 valence electrons. The van der Waals surface area contributed by atoms with Crippen LogP contribution in [0, 0.1) is 6.92 Å². The van der Waals surface area contributed by atoms with Crippen LogP contribution in [0.1, 0.15) is 16.7 Å². The van der Waals surface area contributed by atoms with E-state index in [1.807, 2.05) is 41.8 Å². The second kappa shape index (κ2) is 7.06. The number of carboxylic acids is 1. The minimum atomic E-state index is -1.63. The molecule has 2 aromatic carbocycles. The second-order valence-electron chi connectivity index (χ2n) is 6.02. The zero-order chi connectivity index (χ0) is 18.8. The number of nitrogens with zero attached hydrogens (tertiary/aromatic N) is 1. The number of aromatic nitrogens is 1. The molecule has 0 bridgehead atoms. The topological polar surface area (TPSA) is 79.5 Å². The van der Waals surface area contributed by atoms with Crippen molar-refractivity contribution < 1.29 is 19.8 Å². The molecule has 26 heavy (non-hydrogen) atoms. The summed E-state index contributed by atoms with van der Waals surface area (Å²) in [5.74, 6) is -3.23. The molecule has 0 aliphatic heterocycles. The number of carbonyl (C=O) groups is 2. The Morgan fingerprint density at radius 2 is 1.81 bits per heavy atom. The fraction of sp³-hybridized carbons (Fsp3) is 0.100. The van der Waals surface area contributed by atoms with E-state index >= 15 is 0 Å². The smallest absolute Gasteiger partial charge is 0.376 e. The Morgan fingerprint density at radius 3 is 2.46 bits per heavy atom. The number of benzene rings is 2. The first-order chi connectivity index (χ1) is 12.3. The highest BCUT2D eigenvalue weighted by molar-refractivity contribution is 6.38. The monoisotopic (exact) mass is 369 g/mol. The number of hydrogen-bond acceptors (Lipinski definition) is 3. The first-order valence-electron chi connectivity index (χ1n) is 7.87. The average molecular weight is 370 g/mol. The molecule has 3 rings (SSSR count). The van der Waals surface area contributed by atoms with Gasteiger partial charge in [-0.1, -0.05) is 41.4 Å². The molecule has 0 radical (unpaired) electrons. The van der Waals surface area contributed by atoms with Gasteiger partial charge in [-0.15, -0.1) is 0 Å². The van der Waals surface area contributed by atoms with E-state index in [4.69, 9.17) is 16.7 Å². The maximum atomic E-state index is 11.4. The zero-order valence-electron chi connectivity index (χ0n) is 13.9. The van der Waals surface area contributed by atoms with E-state index in [-0.39, 0.29) is 0 Å². The van der Waals surface area contributed by atoms with Crippen LogP contribution < -0.4 is 0 Å². The third kappa shape index (κ3) is 3.63. The summed E-state index contributed by atoms with van der Waals surface area (Å²) in [4.78, 5) is 22.1. The van der Waals surface area contributed by atoms with Crippen LogP contribution >= 0.6 is 11.6 Å². The predicted octanol–water partition coefficient (Wildman–Crippen LogP) is 4.20. The summed E-state index contributed by atoms with van der Waals surface area (Å²) < 4.78 is 1.92. The molecule has 0 unspecified atom stereocenters. The standard InChI is InChI=1S/C20H16ClNO4/c1-12-2-4-13(5-3-12)10-22-11-16(18(23)9-19(24)20(25)26)15-8-14(21)6-7-17(15)22/h2-9,11,23H,10H2,1H3,(H,25,26)/b18-9-. The van der Waals surface area contributed by atoms with Crippen molar-refractivity contribution in [3.05, 3.63) is 76.5 Å². The largest absolute Gasteiger partial charge is 0.507 e. The molecule has 0 aliphatic rings. The third-order valence-corrected chi connectivity index (χ3v) is 4.31. The highest BCUT2D eigenvalue weighted by Gasteiger charge is 2.16. The summed E-state index contributed by atoms with van der Waals surface area (Å²) in [6.07, 6.45) is 2.38. The van der Waals surface area contributed by atoms with Gasteiger partial charge in [-0.25, -0.2) is 4.79 Å². The van der Waals surface area contributed by atoms with E-state index in [0.29, 0.717) is 28.6 Å². The number of ketones is 1. The number of fused-ring (bicyclic) bond motifs is 1. The van der Waals surface area contributed by atoms with E-state index in [9.17, 15) is 14.7 Å². The Labute approximate surface area is 154 Å². The number of aliphatic hydroxyl groups is 1. The zero-order valence-corrected chi connectivity index (χ0v) is 14.7. The molecule has 2 N–H and O–H groups in total. The SMILES string of the molecule is Cc1ccc(Cn2cc(/C(O)=C/C(=O)C(=O)O)c3cc(Cl)ccc32)cc1. The molecular formula is C20H16ClNO4. The van der Waals surface area contributed by atoms with Crippen LogP contribution in [0.15, 0.2) is 54.7 Å². The van der Waals surface area contributed by atoms with Gasteiger partial charge in [0.05, 0.1) is 0 Å². The molecule has 5 nitrogen and oxygen atoms in total. The lowest BCUT2D eigenvalue weighted by Crippen LogP contribution is -2.09. The number of carboxylic acid groups (broad SMARTS) is 1. The number of aliphatic hydroxyl groups excluding tert-OH is 1. The molecule has 0 atom stereocenters.